The first kappa shape index (κ1) is 13.2. The van der Waals surface area contributed by atoms with Gasteiger partial charge in [0.15, 0.2) is 5.78 Å². The van der Waals surface area contributed by atoms with Gasteiger partial charge in [0.2, 0.25) is 0 Å². The molecule has 1 fully saturated rings. The van der Waals surface area contributed by atoms with Crippen molar-refractivity contribution in [3.8, 4) is 0 Å². The molecule has 0 amide bonds. The lowest BCUT2D eigenvalue weighted by molar-refractivity contribution is -0.117. The summed E-state index contributed by atoms with van der Waals surface area (Å²) in [5.74, 6) is 3.09. The van der Waals surface area contributed by atoms with E-state index in [1.165, 1.54) is 29.9 Å². The molecular formula is C15H25OS+. The molecule has 0 unspecified atom stereocenters. The molecule has 0 atom stereocenters. The quantitative estimate of drug-likeness (QED) is 0.689. The molecular weight excluding hydrogens is 228 g/mol. The fourth-order valence-electron chi connectivity index (χ4n) is 3.08. The van der Waals surface area contributed by atoms with Crippen LogP contribution in [-0.4, -0.2) is 22.0 Å². The first-order chi connectivity index (χ1) is 7.81. The highest BCUT2D eigenvalue weighted by atomic mass is 32.2. The van der Waals surface area contributed by atoms with Crippen LogP contribution < -0.4 is 0 Å². The van der Waals surface area contributed by atoms with Crippen LogP contribution in [0.4, 0.5) is 0 Å². The SMILES string of the molecule is CC1(C)CC(=O)C=C(C(C)(C)[S+]2CCCC2)C1. The fourth-order valence-corrected chi connectivity index (χ4v) is 5.91. The molecule has 1 nitrogen and oxygen atoms in total. The first-order valence-corrected chi connectivity index (χ1v) is 8.29. The van der Waals surface area contributed by atoms with Crippen LogP contribution in [0.25, 0.3) is 0 Å². The molecule has 2 heteroatoms. The maximum absolute atomic E-state index is 11.9. The Morgan fingerprint density at radius 1 is 1.18 bits per heavy atom. The third-order valence-electron chi connectivity index (χ3n) is 4.18. The molecule has 0 bridgehead atoms. The summed E-state index contributed by atoms with van der Waals surface area (Å²) in [7, 11) is 0.496. The maximum atomic E-state index is 11.9. The minimum absolute atomic E-state index is 0.168. The molecule has 0 radical (unpaired) electrons. The Hall–Kier alpha value is -0.240. The van der Waals surface area contributed by atoms with Crippen LogP contribution in [0.1, 0.15) is 53.4 Å². The van der Waals surface area contributed by atoms with Crippen LogP contribution in [0.2, 0.25) is 0 Å². The molecule has 0 aromatic rings. The first-order valence-electron chi connectivity index (χ1n) is 6.73. The minimum Gasteiger partial charge on any atom is -0.295 e. The van der Waals surface area contributed by atoms with Crippen LogP contribution in [0.15, 0.2) is 11.6 Å². The minimum atomic E-state index is 0.168. The largest absolute Gasteiger partial charge is 0.295 e. The molecule has 1 aliphatic heterocycles. The van der Waals surface area contributed by atoms with Crippen molar-refractivity contribution in [2.24, 2.45) is 5.41 Å². The summed E-state index contributed by atoms with van der Waals surface area (Å²) < 4.78 is 0.254. The van der Waals surface area contributed by atoms with E-state index in [0.717, 1.165) is 12.8 Å². The normalized spacial score (nSPS) is 26.1. The molecule has 2 rings (SSSR count). The van der Waals surface area contributed by atoms with Crippen molar-refractivity contribution in [1.29, 1.82) is 0 Å². The van der Waals surface area contributed by atoms with Gasteiger partial charge in [-0.1, -0.05) is 13.8 Å². The molecule has 0 aromatic heterocycles. The summed E-state index contributed by atoms with van der Waals surface area (Å²) in [4.78, 5) is 11.9. The van der Waals surface area contributed by atoms with Gasteiger partial charge >= 0.3 is 0 Å². The van der Waals surface area contributed by atoms with Crippen molar-refractivity contribution in [3.05, 3.63) is 11.6 Å². The highest BCUT2D eigenvalue weighted by molar-refractivity contribution is 7.98. The Labute approximate surface area is 108 Å². The second-order valence-electron chi connectivity index (χ2n) is 6.77. The Balaban J connectivity index is 2.23. The number of hydrogen-bond acceptors (Lipinski definition) is 1. The van der Waals surface area contributed by atoms with E-state index in [2.05, 4.69) is 27.7 Å². The smallest absolute Gasteiger partial charge is 0.156 e. The van der Waals surface area contributed by atoms with E-state index in [4.69, 9.17) is 0 Å². The molecule has 0 saturated carbocycles. The van der Waals surface area contributed by atoms with Crippen LogP contribution >= 0.6 is 0 Å². The molecule has 1 aliphatic carbocycles. The Morgan fingerprint density at radius 2 is 1.76 bits per heavy atom. The lowest BCUT2D eigenvalue weighted by atomic mass is 9.74. The molecule has 96 valence electrons. The van der Waals surface area contributed by atoms with E-state index in [1.54, 1.807) is 0 Å². The zero-order valence-electron chi connectivity index (χ0n) is 11.6. The van der Waals surface area contributed by atoms with E-state index in [9.17, 15) is 4.79 Å². The average molecular weight is 253 g/mol. The summed E-state index contributed by atoms with van der Waals surface area (Å²) >= 11 is 0. The number of allylic oxidation sites excluding steroid dienone is 1. The molecule has 17 heavy (non-hydrogen) atoms. The second-order valence-corrected chi connectivity index (χ2v) is 9.59. The highest BCUT2D eigenvalue weighted by Crippen LogP contribution is 2.42. The number of hydrogen-bond donors (Lipinski definition) is 0. The Kier molecular flexibility index (Phi) is 3.46. The maximum Gasteiger partial charge on any atom is 0.156 e. The van der Waals surface area contributed by atoms with E-state index in [0.29, 0.717) is 16.7 Å². The van der Waals surface area contributed by atoms with Crippen LogP contribution in [-0.2, 0) is 15.7 Å². The van der Waals surface area contributed by atoms with Gasteiger partial charge in [-0.2, -0.15) is 0 Å². The Bertz CT molecular complexity index is 346. The summed E-state index contributed by atoms with van der Waals surface area (Å²) in [6.07, 6.45) is 6.57. The lowest BCUT2D eigenvalue weighted by Crippen LogP contribution is -2.39. The zero-order valence-corrected chi connectivity index (χ0v) is 12.5. The van der Waals surface area contributed by atoms with Gasteiger partial charge in [-0.15, -0.1) is 0 Å². The Morgan fingerprint density at radius 3 is 2.29 bits per heavy atom. The van der Waals surface area contributed by atoms with Crippen molar-refractivity contribution in [3.63, 3.8) is 0 Å². The summed E-state index contributed by atoms with van der Waals surface area (Å²) in [6.45, 7) is 9.18. The molecule has 0 spiro atoms. The summed E-state index contributed by atoms with van der Waals surface area (Å²) in [6, 6.07) is 0. The summed E-state index contributed by atoms with van der Waals surface area (Å²) in [5, 5.41) is 0. The van der Waals surface area contributed by atoms with Gasteiger partial charge in [-0.25, -0.2) is 0 Å². The van der Waals surface area contributed by atoms with Crippen LogP contribution in [0, 0.1) is 5.41 Å². The van der Waals surface area contributed by atoms with Gasteiger partial charge in [-0.3, -0.25) is 4.79 Å². The molecule has 1 heterocycles. The fraction of sp³-hybridized carbons (Fsp3) is 0.800. The van der Waals surface area contributed by atoms with Gasteiger partial charge in [0.05, 0.1) is 0 Å². The molecule has 2 aliphatic rings. The van der Waals surface area contributed by atoms with Gasteiger partial charge < -0.3 is 0 Å². The zero-order chi connectivity index (χ0) is 12.7. The van der Waals surface area contributed by atoms with Gasteiger partial charge in [0.25, 0.3) is 0 Å². The average Bonchev–Trinajstić information content (AvgIpc) is 2.67. The summed E-state index contributed by atoms with van der Waals surface area (Å²) in [5.41, 5.74) is 1.59. The van der Waals surface area contributed by atoms with Crippen LogP contribution in [0.5, 0.6) is 0 Å². The van der Waals surface area contributed by atoms with Crippen molar-refractivity contribution in [1.82, 2.24) is 0 Å². The molecule has 0 N–H and O–H groups in total. The van der Waals surface area contributed by atoms with Gasteiger partial charge in [0.1, 0.15) is 16.3 Å². The topological polar surface area (TPSA) is 17.1 Å². The van der Waals surface area contributed by atoms with Crippen LogP contribution in [0.3, 0.4) is 0 Å². The van der Waals surface area contributed by atoms with E-state index >= 15 is 0 Å². The van der Waals surface area contributed by atoms with Crippen molar-refractivity contribution < 1.29 is 4.79 Å². The third kappa shape index (κ3) is 2.78. The molecule has 1 saturated heterocycles. The predicted molar refractivity (Wildman–Crippen MR) is 76.5 cm³/mol. The number of ketones is 1. The second kappa shape index (κ2) is 4.46. The number of rotatable bonds is 2. The van der Waals surface area contributed by atoms with Gasteiger partial charge in [-0.05, 0) is 61.1 Å². The highest BCUT2D eigenvalue weighted by Gasteiger charge is 2.46. The van der Waals surface area contributed by atoms with E-state index in [-0.39, 0.29) is 10.2 Å². The lowest BCUT2D eigenvalue weighted by Gasteiger charge is -2.35. The van der Waals surface area contributed by atoms with E-state index in [1.807, 2.05) is 6.08 Å². The van der Waals surface area contributed by atoms with Gasteiger partial charge in [0, 0.05) is 6.42 Å². The number of carbonyl (C=O) groups excluding carboxylic acids is 1. The standard InChI is InChI=1S/C15H25OS/c1-14(2)10-12(9-13(16)11-14)15(3,4)17-7-5-6-8-17/h9H,5-8,10-11H2,1-4H3/q+1. The van der Waals surface area contributed by atoms with Crippen molar-refractivity contribution in [2.75, 3.05) is 11.5 Å². The van der Waals surface area contributed by atoms with Crippen molar-refractivity contribution in [2.45, 2.75) is 58.1 Å². The van der Waals surface area contributed by atoms with E-state index < -0.39 is 0 Å². The third-order valence-corrected chi connectivity index (χ3v) is 7.45. The predicted octanol–water partition coefficient (Wildman–Crippen LogP) is 3.49. The van der Waals surface area contributed by atoms with Crippen molar-refractivity contribution >= 4 is 16.7 Å². The number of carbonyl (C=O) groups is 1. The molecule has 0 aromatic carbocycles. The monoisotopic (exact) mass is 253 g/mol.